The van der Waals surface area contributed by atoms with E-state index in [4.69, 9.17) is 5.73 Å². The van der Waals surface area contributed by atoms with E-state index in [0.717, 1.165) is 19.6 Å². The number of rotatable bonds is 3. The van der Waals surface area contributed by atoms with Gasteiger partial charge < -0.3 is 11.1 Å². The molecule has 1 aromatic carbocycles. The second-order valence-corrected chi connectivity index (χ2v) is 5.69. The van der Waals surface area contributed by atoms with Crippen LogP contribution in [0.5, 0.6) is 0 Å². The first-order valence-corrected chi connectivity index (χ1v) is 6.87. The van der Waals surface area contributed by atoms with Crippen LogP contribution in [0.15, 0.2) is 24.3 Å². The molecule has 0 saturated carbocycles. The Bertz CT molecular complexity index is 362. The third kappa shape index (κ3) is 3.55. The molecule has 3 N–H and O–H groups in total. The Morgan fingerprint density at radius 2 is 1.78 bits per heavy atom. The van der Waals surface area contributed by atoms with Gasteiger partial charge in [-0.25, -0.2) is 0 Å². The van der Waals surface area contributed by atoms with E-state index in [2.05, 4.69) is 48.3 Å². The van der Waals surface area contributed by atoms with Gasteiger partial charge in [0.25, 0.3) is 0 Å². The lowest BCUT2D eigenvalue weighted by Gasteiger charge is -2.36. The van der Waals surface area contributed by atoms with Crippen molar-refractivity contribution in [3.05, 3.63) is 35.4 Å². The monoisotopic (exact) mass is 247 g/mol. The van der Waals surface area contributed by atoms with E-state index in [1.807, 2.05) is 6.92 Å². The molecule has 0 radical (unpaired) electrons. The molecule has 0 spiro atoms. The van der Waals surface area contributed by atoms with Crippen LogP contribution in [0.4, 0.5) is 0 Å². The summed E-state index contributed by atoms with van der Waals surface area (Å²) in [7, 11) is 0. The standard InChI is InChI=1S/C15H25N3/c1-11-8-18(9-12(2)17-11)10-14-4-6-15(7-5-14)13(3)16/h4-7,11-13,17H,8-10,16H2,1-3H3. The number of hydrogen-bond acceptors (Lipinski definition) is 3. The lowest BCUT2D eigenvalue weighted by Crippen LogP contribution is -2.53. The topological polar surface area (TPSA) is 41.3 Å². The Morgan fingerprint density at radius 3 is 2.28 bits per heavy atom. The fourth-order valence-electron chi connectivity index (χ4n) is 2.75. The molecule has 3 nitrogen and oxygen atoms in total. The smallest absolute Gasteiger partial charge is 0.0266 e. The molecule has 1 aromatic rings. The second-order valence-electron chi connectivity index (χ2n) is 5.69. The minimum absolute atomic E-state index is 0.123. The van der Waals surface area contributed by atoms with Crippen LogP contribution in [0.25, 0.3) is 0 Å². The molecular weight excluding hydrogens is 222 g/mol. The molecule has 3 heteroatoms. The maximum Gasteiger partial charge on any atom is 0.0266 e. The summed E-state index contributed by atoms with van der Waals surface area (Å²) >= 11 is 0. The first-order chi connectivity index (χ1) is 8.54. The Hall–Kier alpha value is -0.900. The Balaban J connectivity index is 1.96. The molecule has 0 amide bonds. The van der Waals surface area contributed by atoms with Crippen molar-refractivity contribution >= 4 is 0 Å². The van der Waals surface area contributed by atoms with Gasteiger partial charge in [-0.3, -0.25) is 4.90 Å². The van der Waals surface area contributed by atoms with Gasteiger partial charge in [-0.2, -0.15) is 0 Å². The summed E-state index contributed by atoms with van der Waals surface area (Å²) in [6.45, 7) is 9.81. The molecule has 18 heavy (non-hydrogen) atoms. The molecule has 2 rings (SSSR count). The van der Waals surface area contributed by atoms with Gasteiger partial charge >= 0.3 is 0 Å². The van der Waals surface area contributed by atoms with Crippen LogP contribution in [0.1, 0.15) is 37.9 Å². The van der Waals surface area contributed by atoms with E-state index in [0.29, 0.717) is 12.1 Å². The van der Waals surface area contributed by atoms with Gasteiger partial charge in [-0.1, -0.05) is 24.3 Å². The highest BCUT2D eigenvalue weighted by atomic mass is 15.2. The Morgan fingerprint density at radius 1 is 1.22 bits per heavy atom. The lowest BCUT2D eigenvalue weighted by atomic mass is 10.1. The maximum atomic E-state index is 5.87. The summed E-state index contributed by atoms with van der Waals surface area (Å²) in [6.07, 6.45) is 0. The minimum atomic E-state index is 0.123. The molecule has 3 atom stereocenters. The number of nitrogens with zero attached hydrogens (tertiary/aromatic N) is 1. The van der Waals surface area contributed by atoms with Crippen LogP contribution in [0.2, 0.25) is 0 Å². The third-order valence-corrected chi connectivity index (χ3v) is 3.54. The lowest BCUT2D eigenvalue weighted by molar-refractivity contribution is 0.166. The number of hydrogen-bond donors (Lipinski definition) is 2. The Labute approximate surface area is 110 Å². The van der Waals surface area contributed by atoms with Gasteiger partial charge in [-0.15, -0.1) is 0 Å². The van der Waals surface area contributed by atoms with E-state index in [1.54, 1.807) is 0 Å². The van der Waals surface area contributed by atoms with Crippen LogP contribution in [0, 0.1) is 0 Å². The van der Waals surface area contributed by atoms with Crippen LogP contribution in [-0.4, -0.2) is 30.1 Å². The van der Waals surface area contributed by atoms with Gasteiger partial charge in [-0.05, 0) is 31.9 Å². The average Bonchev–Trinajstić information content (AvgIpc) is 2.28. The summed E-state index contributed by atoms with van der Waals surface area (Å²) in [6, 6.07) is 9.99. The first-order valence-electron chi connectivity index (χ1n) is 6.87. The summed E-state index contributed by atoms with van der Waals surface area (Å²) < 4.78 is 0. The number of benzene rings is 1. The zero-order chi connectivity index (χ0) is 13.1. The highest BCUT2D eigenvalue weighted by Gasteiger charge is 2.20. The molecule has 0 aromatic heterocycles. The van der Waals surface area contributed by atoms with Gasteiger partial charge in [0.2, 0.25) is 0 Å². The van der Waals surface area contributed by atoms with Crippen LogP contribution in [0.3, 0.4) is 0 Å². The molecule has 3 unspecified atom stereocenters. The van der Waals surface area contributed by atoms with Gasteiger partial charge in [0.1, 0.15) is 0 Å². The third-order valence-electron chi connectivity index (χ3n) is 3.54. The summed E-state index contributed by atoms with van der Waals surface area (Å²) in [4.78, 5) is 2.52. The maximum absolute atomic E-state index is 5.87. The van der Waals surface area contributed by atoms with E-state index in [-0.39, 0.29) is 6.04 Å². The minimum Gasteiger partial charge on any atom is -0.324 e. The van der Waals surface area contributed by atoms with Crippen molar-refractivity contribution in [2.45, 2.75) is 45.4 Å². The van der Waals surface area contributed by atoms with Crippen molar-refractivity contribution in [2.24, 2.45) is 5.73 Å². The average molecular weight is 247 g/mol. The predicted molar refractivity (Wildman–Crippen MR) is 76.4 cm³/mol. The first kappa shape index (κ1) is 13.5. The quantitative estimate of drug-likeness (QED) is 0.857. The van der Waals surface area contributed by atoms with Gasteiger partial charge in [0.15, 0.2) is 0 Å². The van der Waals surface area contributed by atoms with Crippen LogP contribution < -0.4 is 11.1 Å². The number of nitrogens with two attached hydrogens (primary N) is 1. The molecule has 1 saturated heterocycles. The van der Waals surface area contributed by atoms with E-state index in [1.165, 1.54) is 11.1 Å². The molecule has 1 fully saturated rings. The fraction of sp³-hybridized carbons (Fsp3) is 0.600. The van der Waals surface area contributed by atoms with Crippen LogP contribution in [-0.2, 0) is 6.54 Å². The highest BCUT2D eigenvalue weighted by Crippen LogP contribution is 2.14. The molecular formula is C15H25N3. The number of nitrogens with one attached hydrogen (secondary N) is 1. The molecule has 100 valence electrons. The van der Waals surface area contributed by atoms with E-state index < -0.39 is 0 Å². The van der Waals surface area contributed by atoms with E-state index >= 15 is 0 Å². The predicted octanol–water partition coefficient (Wildman–Crippen LogP) is 1.89. The molecule has 0 bridgehead atoms. The van der Waals surface area contributed by atoms with Crippen molar-refractivity contribution in [3.8, 4) is 0 Å². The van der Waals surface area contributed by atoms with Crippen molar-refractivity contribution in [2.75, 3.05) is 13.1 Å². The van der Waals surface area contributed by atoms with Crippen molar-refractivity contribution in [1.29, 1.82) is 0 Å². The molecule has 1 heterocycles. The molecule has 0 aliphatic carbocycles. The second kappa shape index (κ2) is 5.83. The zero-order valence-electron chi connectivity index (χ0n) is 11.7. The fourth-order valence-corrected chi connectivity index (χ4v) is 2.75. The number of piperazine rings is 1. The normalized spacial score (nSPS) is 27.1. The SMILES string of the molecule is CC1CN(Cc2ccc(C(C)N)cc2)CC(C)N1. The van der Waals surface area contributed by atoms with Crippen molar-refractivity contribution < 1.29 is 0 Å². The zero-order valence-corrected chi connectivity index (χ0v) is 11.7. The van der Waals surface area contributed by atoms with Gasteiger partial charge in [0, 0.05) is 37.8 Å². The van der Waals surface area contributed by atoms with Crippen molar-refractivity contribution in [1.82, 2.24) is 10.2 Å². The largest absolute Gasteiger partial charge is 0.324 e. The Kier molecular flexibility index (Phi) is 4.38. The van der Waals surface area contributed by atoms with Gasteiger partial charge in [0.05, 0.1) is 0 Å². The highest BCUT2D eigenvalue weighted by molar-refractivity contribution is 5.24. The molecule has 1 aliphatic heterocycles. The summed E-state index contributed by atoms with van der Waals surface area (Å²) in [5.41, 5.74) is 8.45. The van der Waals surface area contributed by atoms with E-state index in [9.17, 15) is 0 Å². The van der Waals surface area contributed by atoms with Crippen molar-refractivity contribution in [3.63, 3.8) is 0 Å². The summed E-state index contributed by atoms with van der Waals surface area (Å²) in [5.74, 6) is 0. The van der Waals surface area contributed by atoms with Crippen LogP contribution >= 0.6 is 0 Å². The molecule has 1 aliphatic rings. The summed E-state index contributed by atoms with van der Waals surface area (Å²) in [5, 5.41) is 3.56.